The molecule has 2 aliphatic carbocycles. The fraction of sp³-hybridized carbons (Fsp3) is 0.636. The summed E-state index contributed by atoms with van der Waals surface area (Å²) in [5, 5.41) is 4.16. The van der Waals surface area contributed by atoms with Crippen molar-refractivity contribution < 1.29 is 4.79 Å². The highest BCUT2D eigenvalue weighted by molar-refractivity contribution is 5.96. The normalized spacial score (nSPS) is 34.4. The van der Waals surface area contributed by atoms with Crippen molar-refractivity contribution >= 4 is 11.7 Å². The largest absolute Gasteiger partial charge is 0.350 e. The third-order valence-corrected chi connectivity index (χ3v) is 3.19. The number of hydrogen-bond acceptors (Lipinski definition) is 2. The Morgan fingerprint density at radius 2 is 2.40 bits per heavy atom. The lowest BCUT2D eigenvalue weighted by Crippen LogP contribution is -2.31. The van der Waals surface area contributed by atoms with Gasteiger partial charge in [-0.15, -0.1) is 0 Å². The van der Waals surface area contributed by atoms with E-state index in [4.69, 9.17) is 5.73 Å². The van der Waals surface area contributed by atoms with Gasteiger partial charge in [0.25, 0.3) is 0 Å². The van der Waals surface area contributed by atoms with Gasteiger partial charge in [0.15, 0.2) is 0 Å². The monoisotopic (exact) mass is 207 g/mol. The van der Waals surface area contributed by atoms with Crippen LogP contribution in [0.2, 0.25) is 0 Å². The average molecular weight is 207 g/mol. The predicted molar refractivity (Wildman–Crippen MR) is 59.3 cm³/mol. The van der Waals surface area contributed by atoms with E-state index in [1.54, 1.807) is 0 Å². The summed E-state index contributed by atoms with van der Waals surface area (Å²) in [6.07, 6.45) is 6.70. The number of hydrogen-bond donors (Lipinski definition) is 2. The first-order chi connectivity index (χ1) is 7.00. The number of carbonyl (C=O) groups excluding carboxylic acids is 1. The van der Waals surface area contributed by atoms with E-state index in [9.17, 15) is 4.79 Å². The number of nitrogens with two attached hydrogens (primary N) is 1. The smallest absolute Gasteiger partial charge is 0.332 e. The molecule has 2 amide bonds. The van der Waals surface area contributed by atoms with Gasteiger partial charge in [-0.3, -0.25) is 0 Å². The standard InChI is InChI=1S/C11H17N3O/c1-11(2)5-3-4-7-6-8(7)9(11)13-14-10(12)15/h3,5,7-8H,4,6H2,1-2H3,(H3,12,14,15)/b13-9+. The van der Waals surface area contributed by atoms with Crippen LogP contribution in [0.1, 0.15) is 26.7 Å². The molecular weight excluding hydrogens is 190 g/mol. The number of fused-ring (bicyclic) bond motifs is 1. The first kappa shape index (κ1) is 10.2. The molecule has 82 valence electrons. The summed E-state index contributed by atoms with van der Waals surface area (Å²) in [7, 11) is 0. The van der Waals surface area contributed by atoms with Crippen molar-refractivity contribution in [1.29, 1.82) is 0 Å². The highest BCUT2D eigenvalue weighted by atomic mass is 16.2. The Labute approximate surface area is 89.6 Å². The highest BCUT2D eigenvalue weighted by Gasteiger charge is 2.46. The summed E-state index contributed by atoms with van der Waals surface area (Å²) in [6, 6.07) is -0.594. The van der Waals surface area contributed by atoms with Gasteiger partial charge in [-0.05, 0) is 18.8 Å². The molecule has 0 heterocycles. The van der Waals surface area contributed by atoms with Gasteiger partial charge in [0.05, 0.1) is 5.71 Å². The second-order valence-electron chi connectivity index (χ2n) is 4.94. The SMILES string of the molecule is CC1(C)C=CCC2CC2/C1=N\NC(N)=O. The minimum Gasteiger partial charge on any atom is -0.350 e. The lowest BCUT2D eigenvalue weighted by Gasteiger charge is -2.22. The Bertz CT molecular complexity index is 344. The van der Waals surface area contributed by atoms with Crippen LogP contribution in [0.25, 0.3) is 0 Å². The van der Waals surface area contributed by atoms with Gasteiger partial charge in [0.1, 0.15) is 0 Å². The molecule has 2 rings (SSSR count). The maximum Gasteiger partial charge on any atom is 0.332 e. The Balaban J connectivity index is 2.22. The summed E-state index contributed by atoms with van der Waals surface area (Å²) in [4.78, 5) is 10.6. The molecular formula is C11H17N3O. The molecule has 2 aliphatic rings. The maximum absolute atomic E-state index is 10.6. The van der Waals surface area contributed by atoms with E-state index >= 15 is 0 Å². The molecule has 1 saturated carbocycles. The Morgan fingerprint density at radius 1 is 1.67 bits per heavy atom. The topological polar surface area (TPSA) is 67.5 Å². The third kappa shape index (κ3) is 2.03. The van der Waals surface area contributed by atoms with Crippen LogP contribution in [-0.2, 0) is 0 Å². The second-order valence-corrected chi connectivity index (χ2v) is 4.94. The van der Waals surface area contributed by atoms with E-state index in [0.717, 1.165) is 18.1 Å². The van der Waals surface area contributed by atoms with Crippen molar-refractivity contribution in [3.63, 3.8) is 0 Å². The molecule has 2 atom stereocenters. The van der Waals surface area contributed by atoms with Crippen LogP contribution in [0.5, 0.6) is 0 Å². The molecule has 3 N–H and O–H groups in total. The molecule has 0 saturated heterocycles. The van der Waals surface area contributed by atoms with Crippen LogP contribution in [0.4, 0.5) is 4.79 Å². The van der Waals surface area contributed by atoms with Crippen molar-refractivity contribution in [2.24, 2.45) is 28.1 Å². The average Bonchev–Trinajstić information content (AvgIpc) is 2.82. The summed E-state index contributed by atoms with van der Waals surface area (Å²) in [5.41, 5.74) is 8.35. The summed E-state index contributed by atoms with van der Waals surface area (Å²) >= 11 is 0. The van der Waals surface area contributed by atoms with Crippen LogP contribution < -0.4 is 11.2 Å². The number of amides is 2. The number of rotatable bonds is 1. The number of nitrogens with zero attached hydrogens (tertiary/aromatic N) is 1. The van der Waals surface area contributed by atoms with Crippen LogP contribution >= 0.6 is 0 Å². The molecule has 4 heteroatoms. The van der Waals surface area contributed by atoms with E-state index in [2.05, 4.69) is 36.5 Å². The molecule has 15 heavy (non-hydrogen) atoms. The molecule has 0 aromatic carbocycles. The third-order valence-electron chi connectivity index (χ3n) is 3.19. The number of urea groups is 1. The Morgan fingerprint density at radius 3 is 3.07 bits per heavy atom. The summed E-state index contributed by atoms with van der Waals surface area (Å²) < 4.78 is 0. The van der Waals surface area contributed by atoms with E-state index in [1.165, 1.54) is 6.42 Å². The minimum atomic E-state index is -0.594. The Kier molecular flexibility index (Phi) is 2.29. The molecule has 0 aliphatic heterocycles. The number of hydrazone groups is 1. The van der Waals surface area contributed by atoms with Gasteiger partial charge in [-0.1, -0.05) is 26.0 Å². The number of primary amides is 1. The van der Waals surface area contributed by atoms with Crippen LogP contribution in [-0.4, -0.2) is 11.7 Å². The maximum atomic E-state index is 10.6. The second kappa shape index (κ2) is 3.36. The van der Waals surface area contributed by atoms with Gasteiger partial charge in [-0.25, -0.2) is 10.2 Å². The first-order valence-corrected chi connectivity index (χ1v) is 5.32. The van der Waals surface area contributed by atoms with Crippen molar-refractivity contribution in [3.05, 3.63) is 12.2 Å². The zero-order valence-corrected chi connectivity index (χ0v) is 9.16. The molecule has 0 aromatic heterocycles. The highest BCUT2D eigenvalue weighted by Crippen LogP contribution is 2.49. The van der Waals surface area contributed by atoms with E-state index in [1.807, 2.05) is 0 Å². The number of allylic oxidation sites excluding steroid dienone is 2. The van der Waals surface area contributed by atoms with Crippen LogP contribution in [0.15, 0.2) is 17.3 Å². The molecule has 2 unspecified atom stereocenters. The first-order valence-electron chi connectivity index (χ1n) is 5.32. The zero-order valence-electron chi connectivity index (χ0n) is 9.16. The molecule has 0 bridgehead atoms. The summed E-state index contributed by atoms with van der Waals surface area (Å²) in [5.74, 6) is 1.25. The van der Waals surface area contributed by atoms with Gasteiger partial charge in [-0.2, -0.15) is 5.10 Å². The van der Waals surface area contributed by atoms with Crippen LogP contribution in [0, 0.1) is 17.3 Å². The molecule has 0 radical (unpaired) electrons. The lowest BCUT2D eigenvalue weighted by atomic mass is 9.85. The van der Waals surface area contributed by atoms with Crippen LogP contribution in [0.3, 0.4) is 0 Å². The molecule has 4 nitrogen and oxygen atoms in total. The number of nitrogens with one attached hydrogen (secondary N) is 1. The molecule has 0 aromatic rings. The fourth-order valence-electron chi connectivity index (χ4n) is 2.29. The molecule has 1 fully saturated rings. The predicted octanol–water partition coefficient (Wildman–Crippen LogP) is 1.63. The summed E-state index contributed by atoms with van der Waals surface area (Å²) in [6.45, 7) is 4.23. The van der Waals surface area contributed by atoms with Crippen molar-refractivity contribution in [2.45, 2.75) is 26.7 Å². The quantitative estimate of drug-likeness (QED) is 0.498. The minimum absolute atomic E-state index is 0.0711. The zero-order chi connectivity index (χ0) is 11.1. The van der Waals surface area contributed by atoms with E-state index in [0.29, 0.717) is 5.92 Å². The van der Waals surface area contributed by atoms with Crippen molar-refractivity contribution in [2.75, 3.05) is 0 Å². The Hall–Kier alpha value is -1.32. The van der Waals surface area contributed by atoms with Crippen molar-refractivity contribution in [1.82, 2.24) is 5.43 Å². The van der Waals surface area contributed by atoms with Gasteiger partial charge in [0.2, 0.25) is 0 Å². The van der Waals surface area contributed by atoms with Gasteiger partial charge in [0, 0.05) is 11.3 Å². The molecule has 0 spiro atoms. The van der Waals surface area contributed by atoms with E-state index in [-0.39, 0.29) is 5.41 Å². The van der Waals surface area contributed by atoms with E-state index < -0.39 is 6.03 Å². The van der Waals surface area contributed by atoms with Gasteiger partial charge < -0.3 is 5.73 Å². The van der Waals surface area contributed by atoms with Gasteiger partial charge >= 0.3 is 6.03 Å². The van der Waals surface area contributed by atoms with Crippen molar-refractivity contribution in [3.8, 4) is 0 Å². The fourth-order valence-corrected chi connectivity index (χ4v) is 2.29. The number of carbonyl (C=O) groups is 1. The lowest BCUT2D eigenvalue weighted by molar-refractivity contribution is 0.249.